The molecule has 86 valence electrons. The number of hydrogen-bond donors (Lipinski definition) is 0. The molecule has 0 N–H and O–H groups in total. The van der Waals surface area contributed by atoms with Crippen LogP contribution in [0, 0.1) is 11.3 Å². The van der Waals surface area contributed by atoms with Gasteiger partial charge in [-0.1, -0.05) is 0 Å². The summed E-state index contributed by atoms with van der Waals surface area (Å²) in [6, 6.07) is 6.76. The Morgan fingerprint density at radius 1 is 1.53 bits per heavy atom. The van der Waals surface area contributed by atoms with Crippen molar-refractivity contribution in [3.05, 3.63) is 34.3 Å². The summed E-state index contributed by atoms with van der Waals surface area (Å²) in [7, 11) is 1.60. The lowest BCUT2D eigenvalue weighted by Gasteiger charge is -1.98. The predicted octanol–water partition coefficient (Wildman–Crippen LogP) is 1.62. The van der Waals surface area contributed by atoms with Crippen LogP contribution in [0.5, 0.6) is 0 Å². The van der Waals surface area contributed by atoms with E-state index in [0.717, 1.165) is 0 Å². The molecule has 0 aliphatic carbocycles. The molecule has 0 bridgehead atoms. The number of oxazole rings is 1. The maximum absolute atomic E-state index is 11.7. The van der Waals surface area contributed by atoms with Gasteiger partial charge in [-0.25, -0.2) is 4.79 Å². The molecule has 5 nitrogen and oxygen atoms in total. The third-order valence-electron chi connectivity index (χ3n) is 2.58. The first-order chi connectivity index (χ1) is 8.13. The molecule has 2 aromatic rings. The van der Waals surface area contributed by atoms with Crippen molar-refractivity contribution < 1.29 is 9.21 Å². The van der Waals surface area contributed by atoms with Crippen molar-refractivity contribution in [2.75, 3.05) is 0 Å². The number of Topliss-reactive ketones (excluding diaryl/α,β-unsaturated/α-hetero) is 1. The fourth-order valence-corrected chi connectivity index (χ4v) is 1.62. The Hall–Kier alpha value is -2.35. The van der Waals surface area contributed by atoms with Gasteiger partial charge in [-0.15, -0.1) is 0 Å². The fourth-order valence-electron chi connectivity index (χ4n) is 1.62. The highest BCUT2D eigenvalue weighted by molar-refractivity contribution is 5.98. The smallest absolute Gasteiger partial charge is 0.408 e. The van der Waals surface area contributed by atoms with E-state index in [1.807, 2.05) is 6.07 Å². The Labute approximate surface area is 96.9 Å². The fraction of sp³-hybridized carbons (Fsp3) is 0.250. The normalized spacial score (nSPS) is 10.4. The highest BCUT2D eigenvalue weighted by Crippen LogP contribution is 2.15. The summed E-state index contributed by atoms with van der Waals surface area (Å²) in [5.74, 6) is -0.582. The number of aromatic nitrogens is 1. The van der Waals surface area contributed by atoms with Crippen LogP contribution in [0.1, 0.15) is 23.2 Å². The number of rotatable bonds is 3. The van der Waals surface area contributed by atoms with Crippen molar-refractivity contribution >= 4 is 16.9 Å². The van der Waals surface area contributed by atoms with Crippen LogP contribution in [-0.2, 0) is 7.05 Å². The molecule has 0 saturated heterocycles. The second kappa shape index (κ2) is 4.26. The van der Waals surface area contributed by atoms with Gasteiger partial charge in [-0.05, 0) is 18.2 Å². The zero-order valence-corrected chi connectivity index (χ0v) is 9.27. The molecule has 0 atom stereocenters. The number of benzene rings is 1. The molecule has 0 amide bonds. The summed E-state index contributed by atoms with van der Waals surface area (Å²) < 4.78 is 6.36. The number of nitrogens with zero attached hydrogens (tertiary/aromatic N) is 2. The standard InChI is InChI=1S/C12H10N2O3/c1-14-9-5-4-8(10(15)3-2-6-13)7-11(9)17-12(14)16/h4-5,7H,2-3H2,1H3. The van der Waals surface area contributed by atoms with Crippen molar-refractivity contribution in [3.63, 3.8) is 0 Å². The molecule has 17 heavy (non-hydrogen) atoms. The van der Waals surface area contributed by atoms with E-state index in [4.69, 9.17) is 9.68 Å². The SMILES string of the molecule is Cn1c(=O)oc2cc(C(=O)CCC#N)ccc21. The minimum absolute atomic E-state index is 0.125. The van der Waals surface area contributed by atoms with Gasteiger partial charge in [-0.3, -0.25) is 9.36 Å². The Bertz CT molecular complexity index is 673. The number of nitriles is 1. The molecular weight excluding hydrogens is 220 g/mol. The summed E-state index contributed by atoms with van der Waals surface area (Å²) in [6.45, 7) is 0. The summed E-state index contributed by atoms with van der Waals surface area (Å²) in [5, 5.41) is 8.41. The average Bonchev–Trinajstić information content (AvgIpc) is 2.61. The van der Waals surface area contributed by atoms with Gasteiger partial charge < -0.3 is 4.42 Å². The maximum atomic E-state index is 11.7. The number of carbonyl (C=O) groups excluding carboxylic acids is 1. The number of ketones is 1. The molecule has 2 rings (SSSR count). The van der Waals surface area contributed by atoms with E-state index in [1.165, 1.54) is 10.6 Å². The van der Waals surface area contributed by atoms with Crippen LogP contribution in [0.3, 0.4) is 0 Å². The van der Waals surface area contributed by atoms with E-state index in [1.54, 1.807) is 19.2 Å². The third-order valence-corrected chi connectivity index (χ3v) is 2.58. The number of hydrogen-bond acceptors (Lipinski definition) is 4. The van der Waals surface area contributed by atoms with E-state index >= 15 is 0 Å². The van der Waals surface area contributed by atoms with Crippen molar-refractivity contribution in [3.8, 4) is 6.07 Å². The summed E-state index contributed by atoms with van der Waals surface area (Å²) in [4.78, 5) is 22.9. The summed E-state index contributed by atoms with van der Waals surface area (Å²) >= 11 is 0. The van der Waals surface area contributed by atoms with Crippen molar-refractivity contribution in [1.29, 1.82) is 5.26 Å². The molecular formula is C12H10N2O3. The summed E-state index contributed by atoms with van der Waals surface area (Å²) in [5.41, 5.74) is 1.49. The molecule has 1 heterocycles. The van der Waals surface area contributed by atoms with E-state index in [0.29, 0.717) is 16.7 Å². The van der Waals surface area contributed by atoms with Gasteiger partial charge in [0.25, 0.3) is 0 Å². The lowest BCUT2D eigenvalue weighted by atomic mass is 10.1. The Morgan fingerprint density at radius 3 is 3.00 bits per heavy atom. The predicted molar refractivity (Wildman–Crippen MR) is 60.6 cm³/mol. The molecule has 0 radical (unpaired) electrons. The topological polar surface area (TPSA) is 76.0 Å². The first kappa shape index (κ1) is 11.1. The summed E-state index contributed by atoms with van der Waals surface area (Å²) in [6.07, 6.45) is 0.370. The van der Waals surface area contributed by atoms with E-state index < -0.39 is 5.76 Å². The third kappa shape index (κ3) is 1.97. The zero-order chi connectivity index (χ0) is 12.4. The second-order valence-electron chi connectivity index (χ2n) is 3.69. The van der Waals surface area contributed by atoms with Gasteiger partial charge in [-0.2, -0.15) is 5.26 Å². The van der Waals surface area contributed by atoms with Crippen LogP contribution in [0.2, 0.25) is 0 Å². The van der Waals surface area contributed by atoms with E-state index in [-0.39, 0.29) is 18.6 Å². The zero-order valence-electron chi connectivity index (χ0n) is 9.27. The van der Waals surface area contributed by atoms with Crippen LogP contribution < -0.4 is 5.76 Å². The lowest BCUT2D eigenvalue weighted by molar-refractivity contribution is 0.0984. The Balaban J connectivity index is 2.42. The first-order valence-electron chi connectivity index (χ1n) is 5.13. The molecule has 0 fully saturated rings. The van der Waals surface area contributed by atoms with Gasteiger partial charge in [0.1, 0.15) is 0 Å². The van der Waals surface area contributed by atoms with Crippen LogP contribution >= 0.6 is 0 Å². The van der Waals surface area contributed by atoms with Crippen molar-refractivity contribution in [2.24, 2.45) is 7.05 Å². The van der Waals surface area contributed by atoms with Gasteiger partial charge in [0.2, 0.25) is 0 Å². The average molecular weight is 230 g/mol. The van der Waals surface area contributed by atoms with Gasteiger partial charge in [0.05, 0.1) is 11.6 Å². The molecule has 1 aromatic carbocycles. The molecule has 5 heteroatoms. The number of aryl methyl sites for hydroxylation is 1. The van der Waals surface area contributed by atoms with Crippen LogP contribution in [0.25, 0.3) is 11.1 Å². The van der Waals surface area contributed by atoms with Gasteiger partial charge in [0.15, 0.2) is 11.4 Å². The van der Waals surface area contributed by atoms with Crippen LogP contribution in [-0.4, -0.2) is 10.4 Å². The molecule has 0 aliphatic heterocycles. The van der Waals surface area contributed by atoms with E-state index in [2.05, 4.69) is 0 Å². The number of fused-ring (bicyclic) bond motifs is 1. The van der Waals surface area contributed by atoms with Crippen LogP contribution in [0.15, 0.2) is 27.4 Å². The minimum Gasteiger partial charge on any atom is -0.408 e. The largest absolute Gasteiger partial charge is 0.419 e. The molecule has 0 unspecified atom stereocenters. The lowest BCUT2D eigenvalue weighted by Crippen LogP contribution is -2.08. The van der Waals surface area contributed by atoms with Crippen LogP contribution in [0.4, 0.5) is 0 Å². The second-order valence-corrected chi connectivity index (χ2v) is 3.69. The monoisotopic (exact) mass is 230 g/mol. The maximum Gasteiger partial charge on any atom is 0.419 e. The number of carbonyl (C=O) groups is 1. The molecule has 0 spiro atoms. The molecule has 0 aliphatic rings. The minimum atomic E-state index is -0.457. The molecule has 0 saturated carbocycles. The highest BCUT2D eigenvalue weighted by Gasteiger charge is 2.10. The first-order valence-corrected chi connectivity index (χ1v) is 5.13. The Morgan fingerprint density at radius 2 is 2.29 bits per heavy atom. The Kier molecular flexibility index (Phi) is 2.79. The molecule has 1 aromatic heterocycles. The quantitative estimate of drug-likeness (QED) is 0.751. The van der Waals surface area contributed by atoms with Crippen molar-refractivity contribution in [2.45, 2.75) is 12.8 Å². The van der Waals surface area contributed by atoms with E-state index in [9.17, 15) is 9.59 Å². The highest BCUT2D eigenvalue weighted by atomic mass is 16.4. The van der Waals surface area contributed by atoms with Gasteiger partial charge in [0, 0.05) is 25.5 Å². The van der Waals surface area contributed by atoms with Crippen molar-refractivity contribution in [1.82, 2.24) is 4.57 Å². The van der Waals surface area contributed by atoms with Gasteiger partial charge >= 0.3 is 5.76 Å².